The van der Waals surface area contributed by atoms with E-state index in [1.54, 1.807) is 17.0 Å². The van der Waals surface area contributed by atoms with Gasteiger partial charge in [0.1, 0.15) is 11.6 Å². The van der Waals surface area contributed by atoms with Gasteiger partial charge in [-0.15, -0.1) is 0 Å². The van der Waals surface area contributed by atoms with Gasteiger partial charge in [0.05, 0.1) is 0 Å². The molecule has 0 atom stereocenters. The number of carbonyl (C=O) groups is 2. The fraction of sp³-hybridized carbons (Fsp3) is 0.333. The molecule has 0 saturated carbocycles. The standard InChI is InChI=1S/C21H22F2N2O2/c1-21(20(27)24-14-16-7-8-17(22)13-18(16)23)9-11-25(12-10-21)19(26)15-5-3-2-4-6-15/h2-8,13H,9-12,14H2,1H3,(H,24,27). The predicted molar refractivity (Wildman–Crippen MR) is 97.9 cm³/mol. The Balaban J connectivity index is 1.56. The largest absolute Gasteiger partial charge is 0.351 e. The van der Waals surface area contributed by atoms with Crippen molar-refractivity contribution in [3.05, 3.63) is 71.3 Å². The van der Waals surface area contributed by atoms with E-state index in [0.717, 1.165) is 6.07 Å². The third-order valence-electron chi connectivity index (χ3n) is 5.18. The van der Waals surface area contributed by atoms with Crippen molar-refractivity contribution >= 4 is 11.8 Å². The van der Waals surface area contributed by atoms with Crippen LogP contribution in [0.3, 0.4) is 0 Å². The van der Waals surface area contributed by atoms with Crippen molar-refractivity contribution in [3.63, 3.8) is 0 Å². The molecule has 4 nitrogen and oxygen atoms in total. The predicted octanol–water partition coefficient (Wildman–Crippen LogP) is 3.52. The van der Waals surface area contributed by atoms with Gasteiger partial charge in [-0.05, 0) is 31.0 Å². The second kappa shape index (κ2) is 7.86. The Hall–Kier alpha value is -2.76. The van der Waals surface area contributed by atoms with Crippen LogP contribution in [-0.4, -0.2) is 29.8 Å². The van der Waals surface area contributed by atoms with Gasteiger partial charge >= 0.3 is 0 Å². The van der Waals surface area contributed by atoms with Gasteiger partial charge in [0.25, 0.3) is 5.91 Å². The number of piperidine rings is 1. The van der Waals surface area contributed by atoms with Crippen LogP contribution in [0, 0.1) is 17.0 Å². The number of nitrogens with zero attached hydrogens (tertiary/aromatic N) is 1. The van der Waals surface area contributed by atoms with Crippen LogP contribution in [0.5, 0.6) is 0 Å². The third-order valence-corrected chi connectivity index (χ3v) is 5.18. The van der Waals surface area contributed by atoms with Crippen molar-refractivity contribution in [2.24, 2.45) is 5.41 Å². The molecule has 3 rings (SSSR count). The SMILES string of the molecule is CC1(C(=O)NCc2ccc(F)cc2F)CCN(C(=O)c2ccccc2)CC1. The van der Waals surface area contributed by atoms with E-state index in [0.29, 0.717) is 31.5 Å². The number of benzene rings is 2. The second-order valence-electron chi connectivity index (χ2n) is 7.14. The first kappa shape index (κ1) is 19.0. The molecule has 27 heavy (non-hydrogen) atoms. The van der Waals surface area contributed by atoms with Crippen LogP contribution in [0.15, 0.2) is 48.5 Å². The Bertz CT molecular complexity index is 831. The molecule has 6 heteroatoms. The molecular formula is C21H22F2N2O2. The van der Waals surface area contributed by atoms with Crippen LogP contribution in [0.4, 0.5) is 8.78 Å². The van der Waals surface area contributed by atoms with Gasteiger partial charge in [-0.3, -0.25) is 9.59 Å². The molecule has 2 aromatic carbocycles. The summed E-state index contributed by atoms with van der Waals surface area (Å²) in [6.45, 7) is 2.84. The van der Waals surface area contributed by atoms with Gasteiger partial charge in [0, 0.05) is 42.2 Å². The zero-order valence-electron chi connectivity index (χ0n) is 15.2. The maximum Gasteiger partial charge on any atom is 0.253 e. The molecule has 1 saturated heterocycles. The highest BCUT2D eigenvalue weighted by Gasteiger charge is 2.38. The summed E-state index contributed by atoms with van der Waals surface area (Å²) in [6, 6.07) is 12.4. The highest BCUT2D eigenvalue weighted by atomic mass is 19.1. The van der Waals surface area contributed by atoms with E-state index in [1.165, 1.54) is 12.1 Å². The van der Waals surface area contributed by atoms with E-state index in [9.17, 15) is 18.4 Å². The zero-order chi connectivity index (χ0) is 19.4. The highest BCUT2D eigenvalue weighted by Crippen LogP contribution is 2.32. The minimum absolute atomic E-state index is 0.00714. The highest BCUT2D eigenvalue weighted by molar-refractivity contribution is 5.94. The number of likely N-dealkylation sites (tertiary alicyclic amines) is 1. The lowest BCUT2D eigenvalue weighted by atomic mass is 9.79. The molecule has 1 aliphatic heterocycles. The summed E-state index contributed by atoms with van der Waals surface area (Å²) >= 11 is 0. The summed E-state index contributed by atoms with van der Waals surface area (Å²) in [5.41, 5.74) is 0.256. The van der Waals surface area contributed by atoms with Crippen LogP contribution in [0.2, 0.25) is 0 Å². The van der Waals surface area contributed by atoms with Gasteiger partial charge in [-0.1, -0.05) is 31.2 Å². The molecule has 2 aromatic rings. The van der Waals surface area contributed by atoms with Crippen LogP contribution < -0.4 is 5.32 Å². The van der Waals surface area contributed by atoms with E-state index >= 15 is 0 Å². The van der Waals surface area contributed by atoms with Gasteiger partial charge in [-0.25, -0.2) is 8.78 Å². The van der Waals surface area contributed by atoms with E-state index in [-0.39, 0.29) is 23.9 Å². The lowest BCUT2D eigenvalue weighted by Gasteiger charge is -2.38. The van der Waals surface area contributed by atoms with Crippen molar-refractivity contribution in [1.29, 1.82) is 0 Å². The molecule has 1 fully saturated rings. The fourth-order valence-electron chi connectivity index (χ4n) is 3.25. The number of halogens is 2. The van der Waals surface area contributed by atoms with Crippen LogP contribution in [0.25, 0.3) is 0 Å². The quantitative estimate of drug-likeness (QED) is 0.893. The van der Waals surface area contributed by atoms with Crippen LogP contribution in [0.1, 0.15) is 35.7 Å². The molecule has 1 heterocycles. The molecule has 1 N–H and O–H groups in total. The number of hydrogen-bond acceptors (Lipinski definition) is 2. The van der Waals surface area contributed by atoms with Gasteiger partial charge in [0.15, 0.2) is 0 Å². The zero-order valence-corrected chi connectivity index (χ0v) is 15.2. The molecule has 0 aromatic heterocycles. The van der Waals surface area contributed by atoms with Gasteiger partial charge in [0.2, 0.25) is 5.91 Å². The molecule has 0 spiro atoms. The normalized spacial score (nSPS) is 16.0. The first-order valence-electron chi connectivity index (χ1n) is 8.96. The number of carbonyl (C=O) groups excluding carboxylic acids is 2. The minimum Gasteiger partial charge on any atom is -0.351 e. The summed E-state index contributed by atoms with van der Waals surface area (Å²) in [5.74, 6) is -1.54. The molecule has 0 radical (unpaired) electrons. The number of rotatable bonds is 4. The molecule has 0 bridgehead atoms. The number of nitrogens with one attached hydrogen (secondary N) is 1. The molecular weight excluding hydrogens is 350 g/mol. The summed E-state index contributed by atoms with van der Waals surface area (Å²) < 4.78 is 26.7. The average Bonchev–Trinajstić information content (AvgIpc) is 2.68. The lowest BCUT2D eigenvalue weighted by molar-refractivity contribution is -0.132. The topological polar surface area (TPSA) is 49.4 Å². The molecule has 0 unspecified atom stereocenters. The second-order valence-corrected chi connectivity index (χ2v) is 7.14. The molecule has 2 amide bonds. The Morgan fingerprint density at radius 2 is 1.74 bits per heavy atom. The number of amides is 2. The van der Waals surface area contributed by atoms with Crippen LogP contribution in [-0.2, 0) is 11.3 Å². The first-order chi connectivity index (χ1) is 12.9. The first-order valence-corrected chi connectivity index (χ1v) is 8.96. The van der Waals surface area contributed by atoms with Gasteiger partial charge < -0.3 is 10.2 Å². The van der Waals surface area contributed by atoms with Gasteiger partial charge in [-0.2, -0.15) is 0 Å². The summed E-state index contributed by atoms with van der Waals surface area (Å²) in [6.07, 6.45) is 1.06. The Labute approximate surface area is 157 Å². The maximum absolute atomic E-state index is 13.7. The summed E-state index contributed by atoms with van der Waals surface area (Å²) in [7, 11) is 0. The summed E-state index contributed by atoms with van der Waals surface area (Å²) in [4.78, 5) is 26.9. The van der Waals surface area contributed by atoms with Crippen molar-refractivity contribution in [3.8, 4) is 0 Å². The van der Waals surface area contributed by atoms with Crippen molar-refractivity contribution in [2.45, 2.75) is 26.3 Å². The maximum atomic E-state index is 13.7. The molecule has 0 aliphatic carbocycles. The fourth-order valence-corrected chi connectivity index (χ4v) is 3.25. The van der Waals surface area contributed by atoms with Crippen LogP contribution >= 0.6 is 0 Å². The Morgan fingerprint density at radius 1 is 1.07 bits per heavy atom. The molecule has 1 aliphatic rings. The van der Waals surface area contributed by atoms with Crippen molar-refractivity contribution < 1.29 is 18.4 Å². The third kappa shape index (κ3) is 4.32. The van der Waals surface area contributed by atoms with E-state index < -0.39 is 17.0 Å². The molecule has 142 valence electrons. The minimum atomic E-state index is -0.677. The smallest absolute Gasteiger partial charge is 0.253 e. The number of hydrogen-bond donors (Lipinski definition) is 1. The van der Waals surface area contributed by atoms with Crippen molar-refractivity contribution in [2.75, 3.05) is 13.1 Å². The monoisotopic (exact) mass is 372 g/mol. The average molecular weight is 372 g/mol. The Morgan fingerprint density at radius 3 is 2.37 bits per heavy atom. The van der Waals surface area contributed by atoms with Crippen molar-refractivity contribution in [1.82, 2.24) is 10.2 Å². The summed E-state index contributed by atoms with van der Waals surface area (Å²) in [5, 5.41) is 2.74. The van der Waals surface area contributed by atoms with E-state index in [2.05, 4.69) is 5.32 Å². The lowest BCUT2D eigenvalue weighted by Crippen LogP contribution is -2.48. The Kier molecular flexibility index (Phi) is 5.54. The van der Waals surface area contributed by atoms with E-state index in [1.807, 2.05) is 25.1 Å². The van der Waals surface area contributed by atoms with E-state index in [4.69, 9.17) is 0 Å².